The van der Waals surface area contributed by atoms with E-state index in [0.29, 0.717) is 0 Å². The molecule has 1 saturated heterocycles. The minimum absolute atomic E-state index is 0. The molecule has 27 heavy (non-hydrogen) atoms. The summed E-state index contributed by atoms with van der Waals surface area (Å²) in [7, 11) is 1.88. The van der Waals surface area contributed by atoms with Crippen LogP contribution in [-0.2, 0) is 11.2 Å². The van der Waals surface area contributed by atoms with Crippen molar-refractivity contribution >= 4 is 30.7 Å². The number of nitrogens with zero attached hydrogens (tertiary/aromatic N) is 1. The second-order valence-corrected chi connectivity index (χ2v) is 7.43. The van der Waals surface area contributed by atoms with E-state index in [9.17, 15) is 4.79 Å². The Kier molecular flexibility index (Phi) is 14.7. The summed E-state index contributed by atoms with van der Waals surface area (Å²) in [6.45, 7) is 7.12. The predicted octanol–water partition coefficient (Wildman–Crippen LogP) is 3.54. The molecule has 1 atom stereocenters. The Bertz CT molecular complexity index is 493. The molecule has 2 N–H and O–H groups in total. The zero-order chi connectivity index (χ0) is 17.9. The van der Waals surface area contributed by atoms with Crippen molar-refractivity contribution in [3.05, 3.63) is 35.9 Å². The predicted molar refractivity (Wildman–Crippen MR) is 119 cm³/mol. The molecule has 4 nitrogen and oxygen atoms in total. The lowest BCUT2D eigenvalue weighted by Crippen LogP contribution is -2.36. The van der Waals surface area contributed by atoms with Gasteiger partial charge < -0.3 is 15.5 Å². The largest absolute Gasteiger partial charge is 0.356 e. The molecular weight excluding hydrogens is 381 g/mol. The van der Waals surface area contributed by atoms with E-state index in [4.69, 9.17) is 0 Å². The molecule has 1 aromatic rings. The maximum atomic E-state index is 11.8. The van der Waals surface area contributed by atoms with Gasteiger partial charge in [0, 0.05) is 19.0 Å². The van der Waals surface area contributed by atoms with Gasteiger partial charge in [-0.1, -0.05) is 37.3 Å². The van der Waals surface area contributed by atoms with Crippen LogP contribution in [0.5, 0.6) is 0 Å². The van der Waals surface area contributed by atoms with Gasteiger partial charge >= 0.3 is 0 Å². The highest BCUT2D eigenvalue weighted by Crippen LogP contribution is 2.21. The Morgan fingerprint density at radius 3 is 2.44 bits per heavy atom. The first-order valence-electron chi connectivity index (χ1n) is 9.87. The van der Waals surface area contributed by atoms with Gasteiger partial charge in [-0.25, -0.2) is 0 Å². The van der Waals surface area contributed by atoms with Gasteiger partial charge in [-0.2, -0.15) is 0 Å². The molecular formula is C21H37Cl2N3O. The highest BCUT2D eigenvalue weighted by atomic mass is 35.5. The van der Waals surface area contributed by atoms with Crippen molar-refractivity contribution in [2.45, 2.75) is 39.0 Å². The molecule has 2 rings (SSSR count). The van der Waals surface area contributed by atoms with Gasteiger partial charge in [-0.15, -0.1) is 24.8 Å². The van der Waals surface area contributed by atoms with Crippen LogP contribution in [0.15, 0.2) is 30.3 Å². The second kappa shape index (κ2) is 15.2. The van der Waals surface area contributed by atoms with Crippen molar-refractivity contribution in [3.63, 3.8) is 0 Å². The third kappa shape index (κ3) is 10.3. The number of carbonyl (C=O) groups is 1. The molecule has 0 aromatic heterocycles. The summed E-state index contributed by atoms with van der Waals surface area (Å²) in [6.07, 6.45) is 6.10. The normalized spacial score (nSPS) is 16.1. The highest BCUT2D eigenvalue weighted by molar-refractivity contribution is 5.85. The monoisotopic (exact) mass is 417 g/mol. The van der Waals surface area contributed by atoms with Crippen molar-refractivity contribution in [3.8, 4) is 0 Å². The summed E-state index contributed by atoms with van der Waals surface area (Å²) in [5.74, 6) is 1.05. The van der Waals surface area contributed by atoms with E-state index in [2.05, 4.69) is 45.9 Å². The minimum atomic E-state index is 0. The van der Waals surface area contributed by atoms with Crippen LogP contribution in [0, 0.1) is 11.8 Å². The molecule has 0 bridgehead atoms. The molecule has 1 amide bonds. The summed E-state index contributed by atoms with van der Waals surface area (Å²) in [6, 6.07) is 10.9. The van der Waals surface area contributed by atoms with Crippen LogP contribution in [0.25, 0.3) is 0 Å². The van der Waals surface area contributed by atoms with Gasteiger partial charge in [0.15, 0.2) is 0 Å². The fourth-order valence-electron chi connectivity index (χ4n) is 3.61. The molecule has 1 unspecified atom stereocenters. The molecule has 1 aromatic carbocycles. The molecule has 6 heteroatoms. The number of carbonyl (C=O) groups excluding carboxylic acids is 1. The highest BCUT2D eigenvalue weighted by Gasteiger charge is 2.19. The van der Waals surface area contributed by atoms with Crippen molar-refractivity contribution in [2.24, 2.45) is 11.8 Å². The number of rotatable bonds is 10. The Labute approximate surface area is 177 Å². The zero-order valence-corrected chi connectivity index (χ0v) is 18.4. The summed E-state index contributed by atoms with van der Waals surface area (Å²) in [5, 5.41) is 6.09. The van der Waals surface area contributed by atoms with E-state index in [1.54, 1.807) is 0 Å². The van der Waals surface area contributed by atoms with Crippen LogP contribution in [-0.4, -0.2) is 50.6 Å². The maximum Gasteiger partial charge on any atom is 0.224 e. The lowest BCUT2D eigenvalue weighted by atomic mass is 9.90. The Balaban J connectivity index is 0.00000338. The van der Waals surface area contributed by atoms with Crippen molar-refractivity contribution in [1.29, 1.82) is 0 Å². The molecule has 1 aliphatic rings. The molecule has 0 spiro atoms. The number of nitrogens with one attached hydrogen (secondary N) is 2. The van der Waals surface area contributed by atoms with Gasteiger partial charge in [-0.05, 0) is 70.3 Å². The van der Waals surface area contributed by atoms with E-state index in [1.165, 1.54) is 50.9 Å². The summed E-state index contributed by atoms with van der Waals surface area (Å²) in [4.78, 5) is 14.4. The lowest BCUT2D eigenvalue weighted by Gasteiger charge is -2.32. The molecule has 0 radical (unpaired) electrons. The number of likely N-dealkylation sites (tertiary alicyclic amines) is 1. The van der Waals surface area contributed by atoms with Gasteiger partial charge in [0.2, 0.25) is 5.91 Å². The molecule has 1 aliphatic heterocycles. The van der Waals surface area contributed by atoms with Crippen LogP contribution < -0.4 is 10.6 Å². The third-order valence-electron chi connectivity index (χ3n) is 5.23. The number of benzene rings is 1. The third-order valence-corrected chi connectivity index (χ3v) is 5.23. The number of unbranched alkanes of at least 4 members (excludes halogenated alkanes) is 1. The Morgan fingerprint density at radius 2 is 1.81 bits per heavy atom. The number of halogens is 2. The number of hydrogen-bond donors (Lipinski definition) is 2. The Morgan fingerprint density at radius 1 is 1.15 bits per heavy atom. The van der Waals surface area contributed by atoms with Crippen LogP contribution >= 0.6 is 24.8 Å². The maximum absolute atomic E-state index is 11.8. The minimum Gasteiger partial charge on any atom is -0.356 e. The summed E-state index contributed by atoms with van der Waals surface area (Å²) in [5.41, 5.74) is 1.48. The van der Waals surface area contributed by atoms with E-state index in [1.807, 2.05) is 14.0 Å². The molecule has 1 fully saturated rings. The first-order valence-corrected chi connectivity index (χ1v) is 9.87. The van der Waals surface area contributed by atoms with Crippen LogP contribution in [0.3, 0.4) is 0 Å². The van der Waals surface area contributed by atoms with E-state index in [0.717, 1.165) is 25.4 Å². The van der Waals surface area contributed by atoms with Gasteiger partial charge in [0.25, 0.3) is 0 Å². The van der Waals surface area contributed by atoms with Crippen LogP contribution in [0.2, 0.25) is 0 Å². The van der Waals surface area contributed by atoms with Gasteiger partial charge in [-0.3, -0.25) is 4.79 Å². The molecule has 156 valence electrons. The van der Waals surface area contributed by atoms with Crippen LogP contribution in [0.4, 0.5) is 0 Å². The average Bonchev–Trinajstić information content (AvgIpc) is 2.63. The molecule has 1 heterocycles. The second-order valence-electron chi connectivity index (χ2n) is 7.43. The quantitative estimate of drug-likeness (QED) is 0.572. The number of hydrogen-bond acceptors (Lipinski definition) is 3. The SMILES string of the molecule is CNCC(C)C(=O)NCCCCN1CCC(Cc2ccccc2)CC1.Cl.Cl. The first-order chi connectivity index (χ1) is 12.2. The zero-order valence-electron chi connectivity index (χ0n) is 16.8. The van der Waals surface area contributed by atoms with Crippen molar-refractivity contribution in [1.82, 2.24) is 15.5 Å². The summed E-state index contributed by atoms with van der Waals surface area (Å²) >= 11 is 0. The standard InChI is InChI=1S/C21H35N3O.2ClH/c1-18(17-22-2)21(25)23-12-6-7-13-24-14-10-20(11-15-24)16-19-8-4-3-5-9-19;;/h3-5,8-9,18,20,22H,6-7,10-17H2,1-2H3,(H,23,25);2*1H. The molecule has 0 aliphatic carbocycles. The fourth-order valence-corrected chi connectivity index (χ4v) is 3.61. The Hall–Kier alpha value is -0.810. The van der Waals surface area contributed by atoms with Crippen molar-refractivity contribution < 1.29 is 4.79 Å². The lowest BCUT2D eigenvalue weighted by molar-refractivity contribution is -0.124. The van der Waals surface area contributed by atoms with Crippen molar-refractivity contribution in [2.75, 3.05) is 39.8 Å². The number of amides is 1. The van der Waals surface area contributed by atoms with E-state index in [-0.39, 0.29) is 36.6 Å². The fraction of sp³-hybridized carbons (Fsp3) is 0.667. The van der Waals surface area contributed by atoms with Crippen LogP contribution in [0.1, 0.15) is 38.2 Å². The van der Waals surface area contributed by atoms with E-state index >= 15 is 0 Å². The first kappa shape index (κ1) is 26.2. The topological polar surface area (TPSA) is 44.4 Å². The van der Waals surface area contributed by atoms with Gasteiger partial charge in [0.1, 0.15) is 0 Å². The summed E-state index contributed by atoms with van der Waals surface area (Å²) < 4.78 is 0. The number of piperidine rings is 1. The smallest absolute Gasteiger partial charge is 0.224 e. The average molecular weight is 418 g/mol. The van der Waals surface area contributed by atoms with Gasteiger partial charge in [0.05, 0.1) is 0 Å². The molecule has 0 saturated carbocycles. The van der Waals surface area contributed by atoms with E-state index < -0.39 is 0 Å².